The SMILES string of the molecule is CCC(C)c1cccc2c1C1(CC(=O)C2)CC2=CCC1C2. The van der Waals surface area contributed by atoms with Crippen LogP contribution in [0.2, 0.25) is 0 Å². The van der Waals surface area contributed by atoms with Crippen LogP contribution in [0.15, 0.2) is 29.8 Å². The summed E-state index contributed by atoms with van der Waals surface area (Å²) in [6.45, 7) is 4.61. The van der Waals surface area contributed by atoms with Gasteiger partial charge in [-0.1, -0.05) is 43.7 Å². The van der Waals surface area contributed by atoms with Gasteiger partial charge in [0.15, 0.2) is 0 Å². The molecule has 1 heteroatoms. The van der Waals surface area contributed by atoms with Crippen molar-refractivity contribution < 1.29 is 4.79 Å². The standard InChI is InChI=1S/C20H24O/c1-3-13(2)18-6-4-5-15-10-17(21)12-20(19(15)18)11-14-7-8-16(20)9-14/h4-7,13,16H,3,8-12H2,1-2H3. The van der Waals surface area contributed by atoms with E-state index >= 15 is 0 Å². The van der Waals surface area contributed by atoms with Gasteiger partial charge in [-0.2, -0.15) is 0 Å². The lowest BCUT2D eigenvalue weighted by Gasteiger charge is -2.43. The Morgan fingerprint density at radius 2 is 2.19 bits per heavy atom. The van der Waals surface area contributed by atoms with Gasteiger partial charge in [0.1, 0.15) is 5.78 Å². The molecule has 1 spiro atoms. The van der Waals surface area contributed by atoms with Crippen LogP contribution in [-0.2, 0) is 16.6 Å². The molecule has 3 aliphatic carbocycles. The number of rotatable bonds is 2. The third kappa shape index (κ3) is 1.79. The number of Topliss-reactive ketones (excluding diaryl/α,β-unsaturated/α-hetero) is 1. The number of carbonyl (C=O) groups excluding carboxylic acids is 1. The predicted molar refractivity (Wildman–Crippen MR) is 85.6 cm³/mol. The smallest absolute Gasteiger partial charge is 0.138 e. The Morgan fingerprint density at radius 1 is 1.33 bits per heavy atom. The summed E-state index contributed by atoms with van der Waals surface area (Å²) < 4.78 is 0. The van der Waals surface area contributed by atoms with Gasteiger partial charge in [0.2, 0.25) is 0 Å². The van der Waals surface area contributed by atoms with E-state index in [2.05, 4.69) is 38.1 Å². The summed E-state index contributed by atoms with van der Waals surface area (Å²) in [5.41, 5.74) is 6.19. The van der Waals surface area contributed by atoms with Crippen molar-refractivity contribution in [3.63, 3.8) is 0 Å². The molecule has 1 aromatic carbocycles. The molecule has 0 radical (unpaired) electrons. The summed E-state index contributed by atoms with van der Waals surface area (Å²) in [6, 6.07) is 6.70. The van der Waals surface area contributed by atoms with Gasteiger partial charge in [0.25, 0.3) is 0 Å². The van der Waals surface area contributed by atoms with E-state index in [0.29, 0.717) is 24.0 Å². The maximum absolute atomic E-state index is 12.4. The molecule has 3 atom stereocenters. The molecule has 3 unspecified atom stereocenters. The van der Waals surface area contributed by atoms with Crippen molar-refractivity contribution in [3.05, 3.63) is 46.5 Å². The minimum absolute atomic E-state index is 0.148. The van der Waals surface area contributed by atoms with Gasteiger partial charge in [0, 0.05) is 18.3 Å². The van der Waals surface area contributed by atoms with Crippen molar-refractivity contribution in [3.8, 4) is 0 Å². The van der Waals surface area contributed by atoms with Crippen LogP contribution < -0.4 is 0 Å². The van der Waals surface area contributed by atoms with Crippen LogP contribution in [0.5, 0.6) is 0 Å². The Kier molecular flexibility index (Phi) is 2.89. The number of fused-ring (bicyclic) bond motifs is 5. The lowest BCUT2D eigenvalue weighted by molar-refractivity contribution is -0.120. The van der Waals surface area contributed by atoms with Crippen molar-refractivity contribution >= 4 is 5.78 Å². The summed E-state index contributed by atoms with van der Waals surface area (Å²) in [5.74, 6) is 1.73. The van der Waals surface area contributed by atoms with Crippen LogP contribution in [0.3, 0.4) is 0 Å². The molecular weight excluding hydrogens is 256 g/mol. The zero-order chi connectivity index (χ0) is 14.6. The maximum Gasteiger partial charge on any atom is 0.138 e. The third-order valence-corrected chi connectivity index (χ3v) is 6.25. The largest absolute Gasteiger partial charge is 0.299 e. The molecule has 1 aromatic rings. The second kappa shape index (κ2) is 4.56. The average Bonchev–Trinajstić information content (AvgIpc) is 3.06. The Hall–Kier alpha value is -1.37. The Balaban J connectivity index is 1.93. The molecule has 3 aliphatic rings. The molecule has 2 bridgehead atoms. The molecule has 21 heavy (non-hydrogen) atoms. The van der Waals surface area contributed by atoms with E-state index in [-0.39, 0.29) is 5.41 Å². The van der Waals surface area contributed by atoms with Gasteiger partial charge >= 0.3 is 0 Å². The molecule has 0 amide bonds. The van der Waals surface area contributed by atoms with Crippen LogP contribution in [0.4, 0.5) is 0 Å². The molecule has 0 heterocycles. The summed E-state index contributed by atoms with van der Waals surface area (Å²) in [7, 11) is 0. The molecule has 0 aliphatic heterocycles. The van der Waals surface area contributed by atoms with E-state index in [4.69, 9.17) is 0 Å². The van der Waals surface area contributed by atoms with Crippen LogP contribution in [0.1, 0.15) is 68.6 Å². The fraction of sp³-hybridized carbons (Fsp3) is 0.550. The zero-order valence-electron chi connectivity index (χ0n) is 13.1. The maximum atomic E-state index is 12.4. The van der Waals surface area contributed by atoms with Crippen LogP contribution in [-0.4, -0.2) is 5.78 Å². The molecule has 1 fully saturated rings. The fourth-order valence-electron chi connectivity index (χ4n) is 5.13. The minimum atomic E-state index is 0.148. The normalized spacial score (nSPS) is 31.4. The van der Waals surface area contributed by atoms with Gasteiger partial charge in [-0.05, 0) is 54.2 Å². The molecule has 4 rings (SSSR count). The molecule has 0 saturated heterocycles. The molecule has 1 nitrogen and oxygen atoms in total. The highest BCUT2D eigenvalue weighted by Gasteiger charge is 2.52. The first-order valence-electron chi connectivity index (χ1n) is 8.46. The summed E-state index contributed by atoms with van der Waals surface area (Å²) >= 11 is 0. The number of allylic oxidation sites excluding steroid dienone is 2. The van der Waals surface area contributed by atoms with Crippen molar-refractivity contribution in [2.24, 2.45) is 5.92 Å². The first-order chi connectivity index (χ1) is 10.1. The molecule has 1 saturated carbocycles. The summed E-state index contributed by atoms with van der Waals surface area (Å²) in [4.78, 5) is 12.4. The summed E-state index contributed by atoms with van der Waals surface area (Å²) in [5, 5.41) is 0. The van der Waals surface area contributed by atoms with Crippen LogP contribution in [0.25, 0.3) is 0 Å². The first kappa shape index (κ1) is 13.3. The van der Waals surface area contributed by atoms with E-state index in [1.165, 1.54) is 30.4 Å². The van der Waals surface area contributed by atoms with E-state index in [1.807, 2.05) is 0 Å². The third-order valence-electron chi connectivity index (χ3n) is 6.25. The van der Waals surface area contributed by atoms with Gasteiger partial charge in [-0.3, -0.25) is 4.79 Å². The second-order valence-corrected chi connectivity index (χ2v) is 7.41. The van der Waals surface area contributed by atoms with Crippen molar-refractivity contribution in [2.45, 2.75) is 63.7 Å². The Bertz CT molecular complexity index is 639. The van der Waals surface area contributed by atoms with Crippen molar-refractivity contribution in [2.75, 3.05) is 0 Å². The highest BCUT2D eigenvalue weighted by atomic mass is 16.1. The second-order valence-electron chi connectivity index (χ2n) is 7.41. The fourth-order valence-corrected chi connectivity index (χ4v) is 5.13. The predicted octanol–water partition coefficient (Wildman–Crippen LogP) is 4.69. The average molecular weight is 280 g/mol. The summed E-state index contributed by atoms with van der Waals surface area (Å²) in [6.07, 6.45) is 8.62. The number of hydrogen-bond donors (Lipinski definition) is 0. The topological polar surface area (TPSA) is 17.1 Å². The zero-order valence-corrected chi connectivity index (χ0v) is 13.1. The highest BCUT2D eigenvalue weighted by molar-refractivity contribution is 5.86. The van der Waals surface area contributed by atoms with Crippen LogP contribution in [0, 0.1) is 5.92 Å². The minimum Gasteiger partial charge on any atom is -0.299 e. The highest BCUT2D eigenvalue weighted by Crippen LogP contribution is 2.59. The van der Waals surface area contributed by atoms with Crippen molar-refractivity contribution in [1.82, 2.24) is 0 Å². The van der Waals surface area contributed by atoms with E-state index in [1.54, 1.807) is 11.1 Å². The monoisotopic (exact) mass is 280 g/mol. The van der Waals surface area contributed by atoms with Gasteiger partial charge in [-0.15, -0.1) is 0 Å². The number of hydrogen-bond acceptors (Lipinski definition) is 1. The molecule has 0 N–H and O–H groups in total. The van der Waals surface area contributed by atoms with E-state index < -0.39 is 0 Å². The van der Waals surface area contributed by atoms with Gasteiger partial charge in [-0.25, -0.2) is 0 Å². The molecular formula is C20H24O. The van der Waals surface area contributed by atoms with E-state index in [0.717, 1.165) is 12.8 Å². The van der Waals surface area contributed by atoms with Crippen molar-refractivity contribution in [1.29, 1.82) is 0 Å². The number of ketones is 1. The van der Waals surface area contributed by atoms with Gasteiger partial charge in [0.05, 0.1) is 0 Å². The Morgan fingerprint density at radius 3 is 2.86 bits per heavy atom. The quantitative estimate of drug-likeness (QED) is 0.718. The Labute approximate surface area is 127 Å². The van der Waals surface area contributed by atoms with Gasteiger partial charge < -0.3 is 0 Å². The first-order valence-corrected chi connectivity index (χ1v) is 8.46. The molecule has 110 valence electrons. The van der Waals surface area contributed by atoms with Crippen LogP contribution >= 0.6 is 0 Å². The molecule has 0 aromatic heterocycles. The number of carbonyl (C=O) groups is 1. The van der Waals surface area contributed by atoms with E-state index in [9.17, 15) is 4.79 Å². The lowest BCUT2D eigenvalue weighted by atomic mass is 9.60. The number of benzene rings is 1. The lowest BCUT2D eigenvalue weighted by Crippen LogP contribution is -2.40.